The van der Waals surface area contributed by atoms with E-state index in [0.717, 1.165) is 23.5 Å². The second kappa shape index (κ2) is 6.69. The van der Waals surface area contributed by atoms with Crippen LogP contribution in [0.2, 0.25) is 10.0 Å². The van der Waals surface area contributed by atoms with Gasteiger partial charge in [-0.3, -0.25) is 4.68 Å². The highest BCUT2D eigenvalue weighted by Gasteiger charge is 2.15. The highest BCUT2D eigenvalue weighted by molar-refractivity contribution is 6.31. The third-order valence-corrected chi connectivity index (χ3v) is 4.01. The Labute approximate surface area is 134 Å². The number of rotatable bonds is 5. The van der Waals surface area contributed by atoms with Gasteiger partial charge in [-0.15, -0.1) is 0 Å². The Bertz CT molecular complexity index is 638. The predicted octanol–water partition coefficient (Wildman–Crippen LogP) is 4.12. The van der Waals surface area contributed by atoms with Crippen LogP contribution in [-0.2, 0) is 13.2 Å². The minimum atomic E-state index is -0.160. The van der Waals surface area contributed by atoms with Gasteiger partial charge in [-0.25, -0.2) is 0 Å². The van der Waals surface area contributed by atoms with E-state index in [1.807, 2.05) is 37.6 Å². The summed E-state index contributed by atoms with van der Waals surface area (Å²) in [6.45, 7) is 6.88. The highest BCUT2D eigenvalue weighted by Crippen LogP contribution is 2.29. The van der Waals surface area contributed by atoms with E-state index in [2.05, 4.69) is 5.10 Å². The van der Waals surface area contributed by atoms with Crippen LogP contribution in [0.15, 0.2) is 18.2 Å². The minimum Gasteiger partial charge on any atom is -0.487 e. The van der Waals surface area contributed by atoms with Gasteiger partial charge in [-0.05, 0) is 39.0 Å². The molecule has 21 heavy (non-hydrogen) atoms. The van der Waals surface area contributed by atoms with E-state index in [0.29, 0.717) is 22.4 Å². The van der Waals surface area contributed by atoms with Gasteiger partial charge in [0.25, 0.3) is 0 Å². The number of hydrogen-bond donors (Lipinski definition) is 1. The van der Waals surface area contributed by atoms with Gasteiger partial charge in [0.05, 0.1) is 16.4 Å². The first-order chi connectivity index (χ1) is 9.93. The lowest BCUT2D eigenvalue weighted by molar-refractivity contribution is 0.288. The average Bonchev–Trinajstić information content (AvgIpc) is 2.72. The molecule has 0 unspecified atom stereocenters. The Morgan fingerprint density at radius 1 is 1.38 bits per heavy atom. The molecular weight excluding hydrogens is 309 g/mol. The molecule has 0 aliphatic rings. The number of halogens is 2. The third-order valence-electron chi connectivity index (χ3n) is 3.28. The fourth-order valence-corrected chi connectivity index (χ4v) is 2.53. The van der Waals surface area contributed by atoms with Crippen LogP contribution in [0, 0.1) is 6.92 Å². The zero-order valence-electron chi connectivity index (χ0n) is 12.4. The molecule has 6 heteroatoms. The Hall–Kier alpha value is -1.23. The SMILES string of the molecule is CCn1nc(C)c(Cl)c1COc1ccc(Cl)cc1[C@H](C)N. The molecule has 0 aliphatic carbocycles. The normalized spacial score (nSPS) is 12.5. The quantitative estimate of drug-likeness (QED) is 0.898. The van der Waals surface area contributed by atoms with Crippen molar-refractivity contribution in [3.8, 4) is 5.75 Å². The predicted molar refractivity (Wildman–Crippen MR) is 86.0 cm³/mol. The van der Waals surface area contributed by atoms with E-state index in [1.165, 1.54) is 0 Å². The van der Waals surface area contributed by atoms with Gasteiger partial charge in [-0.1, -0.05) is 23.2 Å². The Morgan fingerprint density at radius 2 is 2.10 bits per heavy atom. The third kappa shape index (κ3) is 3.51. The summed E-state index contributed by atoms with van der Waals surface area (Å²) in [5.74, 6) is 0.715. The number of hydrogen-bond acceptors (Lipinski definition) is 3. The minimum absolute atomic E-state index is 0.160. The first-order valence-corrected chi connectivity index (χ1v) is 7.59. The van der Waals surface area contributed by atoms with Crippen LogP contribution in [0.5, 0.6) is 5.75 Å². The maximum absolute atomic E-state index is 6.28. The largest absolute Gasteiger partial charge is 0.487 e. The number of nitrogens with zero attached hydrogens (tertiary/aromatic N) is 2. The molecule has 2 aromatic rings. The molecule has 0 saturated heterocycles. The summed E-state index contributed by atoms with van der Waals surface area (Å²) >= 11 is 12.3. The number of benzene rings is 1. The lowest BCUT2D eigenvalue weighted by Gasteiger charge is -2.15. The van der Waals surface area contributed by atoms with Crippen molar-refractivity contribution in [2.24, 2.45) is 5.73 Å². The van der Waals surface area contributed by atoms with E-state index < -0.39 is 0 Å². The lowest BCUT2D eigenvalue weighted by atomic mass is 10.1. The Kier molecular flexibility index (Phi) is 5.14. The topological polar surface area (TPSA) is 53.1 Å². The maximum atomic E-state index is 6.28. The lowest BCUT2D eigenvalue weighted by Crippen LogP contribution is -2.10. The van der Waals surface area contributed by atoms with E-state index in [9.17, 15) is 0 Å². The molecule has 2 rings (SSSR count). The van der Waals surface area contributed by atoms with Crippen LogP contribution in [0.4, 0.5) is 0 Å². The van der Waals surface area contributed by atoms with Crippen molar-refractivity contribution in [3.63, 3.8) is 0 Å². The summed E-state index contributed by atoms with van der Waals surface area (Å²) in [5.41, 5.74) is 8.50. The molecule has 0 aliphatic heterocycles. The molecule has 0 fully saturated rings. The van der Waals surface area contributed by atoms with E-state index >= 15 is 0 Å². The van der Waals surface area contributed by atoms with Crippen molar-refractivity contribution in [2.75, 3.05) is 0 Å². The van der Waals surface area contributed by atoms with Gasteiger partial charge in [0.2, 0.25) is 0 Å². The monoisotopic (exact) mass is 327 g/mol. The summed E-state index contributed by atoms with van der Waals surface area (Å²) in [7, 11) is 0. The van der Waals surface area contributed by atoms with Gasteiger partial charge in [0.1, 0.15) is 12.4 Å². The standard InChI is InChI=1S/C15H19Cl2N3O/c1-4-20-13(15(17)10(3)19-20)8-21-14-6-5-11(16)7-12(14)9(2)18/h5-7,9H,4,8,18H2,1-3H3/t9-/m0/s1. The number of nitrogens with two attached hydrogens (primary N) is 1. The van der Waals surface area contributed by atoms with Crippen molar-refractivity contribution >= 4 is 23.2 Å². The first kappa shape index (κ1) is 16.1. The first-order valence-electron chi connectivity index (χ1n) is 6.83. The Balaban J connectivity index is 2.25. The van der Waals surface area contributed by atoms with Crippen LogP contribution in [0.25, 0.3) is 0 Å². The molecule has 4 nitrogen and oxygen atoms in total. The molecule has 1 atom stereocenters. The van der Waals surface area contributed by atoms with Crippen LogP contribution >= 0.6 is 23.2 Å². The van der Waals surface area contributed by atoms with Crippen molar-refractivity contribution < 1.29 is 4.74 Å². The van der Waals surface area contributed by atoms with Crippen LogP contribution in [0.1, 0.15) is 36.8 Å². The molecule has 1 aromatic carbocycles. The zero-order valence-corrected chi connectivity index (χ0v) is 13.9. The number of aromatic nitrogens is 2. The molecule has 1 aromatic heterocycles. The van der Waals surface area contributed by atoms with E-state index in [4.69, 9.17) is 33.7 Å². The van der Waals surface area contributed by atoms with Crippen molar-refractivity contribution in [3.05, 3.63) is 45.2 Å². The van der Waals surface area contributed by atoms with Crippen LogP contribution in [-0.4, -0.2) is 9.78 Å². The summed E-state index contributed by atoms with van der Waals surface area (Å²) in [6.07, 6.45) is 0. The van der Waals surface area contributed by atoms with E-state index in [1.54, 1.807) is 6.07 Å². The summed E-state index contributed by atoms with van der Waals surface area (Å²) in [5, 5.41) is 5.66. The number of ether oxygens (including phenoxy) is 1. The fourth-order valence-electron chi connectivity index (χ4n) is 2.16. The van der Waals surface area contributed by atoms with Crippen LogP contribution in [0.3, 0.4) is 0 Å². The van der Waals surface area contributed by atoms with E-state index in [-0.39, 0.29) is 6.04 Å². The smallest absolute Gasteiger partial charge is 0.131 e. The second-order valence-electron chi connectivity index (χ2n) is 4.92. The molecule has 114 valence electrons. The van der Waals surface area contributed by atoms with Crippen molar-refractivity contribution in [2.45, 2.75) is 40.0 Å². The van der Waals surface area contributed by atoms with Crippen LogP contribution < -0.4 is 10.5 Å². The Morgan fingerprint density at radius 3 is 2.71 bits per heavy atom. The van der Waals surface area contributed by atoms with Gasteiger partial charge in [-0.2, -0.15) is 5.10 Å². The second-order valence-corrected chi connectivity index (χ2v) is 5.74. The molecule has 0 amide bonds. The molecule has 0 saturated carbocycles. The molecule has 0 bridgehead atoms. The molecule has 0 spiro atoms. The fraction of sp³-hybridized carbons (Fsp3) is 0.400. The summed E-state index contributed by atoms with van der Waals surface area (Å²) in [4.78, 5) is 0. The molecule has 1 heterocycles. The molecular formula is C15H19Cl2N3O. The maximum Gasteiger partial charge on any atom is 0.131 e. The van der Waals surface area contributed by atoms with Crippen molar-refractivity contribution in [1.82, 2.24) is 9.78 Å². The average molecular weight is 328 g/mol. The number of aryl methyl sites for hydroxylation is 2. The summed E-state index contributed by atoms with van der Waals surface area (Å²) in [6, 6.07) is 5.28. The van der Waals surface area contributed by atoms with Gasteiger partial charge < -0.3 is 10.5 Å². The van der Waals surface area contributed by atoms with Gasteiger partial charge in [0.15, 0.2) is 0 Å². The highest BCUT2D eigenvalue weighted by atomic mass is 35.5. The van der Waals surface area contributed by atoms with Gasteiger partial charge in [0, 0.05) is 23.2 Å². The van der Waals surface area contributed by atoms with Gasteiger partial charge >= 0.3 is 0 Å². The molecule has 0 radical (unpaired) electrons. The zero-order chi connectivity index (χ0) is 15.6. The van der Waals surface area contributed by atoms with Crippen molar-refractivity contribution in [1.29, 1.82) is 0 Å². The molecule has 2 N–H and O–H groups in total. The summed E-state index contributed by atoms with van der Waals surface area (Å²) < 4.78 is 7.74.